The largest absolute Gasteiger partial charge is 0.484 e. The molecule has 0 unspecified atom stereocenters. The summed E-state index contributed by atoms with van der Waals surface area (Å²) in [5.74, 6) is 1.29. The molecule has 2 aromatic rings. The van der Waals surface area contributed by atoms with Gasteiger partial charge in [-0.25, -0.2) is 4.99 Å². The van der Waals surface area contributed by atoms with Crippen molar-refractivity contribution in [2.75, 3.05) is 26.2 Å². The van der Waals surface area contributed by atoms with Gasteiger partial charge in [-0.2, -0.15) is 0 Å². The van der Waals surface area contributed by atoms with Crippen LogP contribution in [0.5, 0.6) is 5.75 Å². The van der Waals surface area contributed by atoms with Crippen LogP contribution in [0, 0.1) is 0 Å². The van der Waals surface area contributed by atoms with Crippen molar-refractivity contribution in [3.05, 3.63) is 59.9 Å². The second-order valence-electron chi connectivity index (χ2n) is 6.08. The lowest BCUT2D eigenvalue weighted by molar-refractivity contribution is -0.122. The first-order valence-corrected chi connectivity index (χ1v) is 9.61. The minimum atomic E-state index is -0.127. The topological polar surface area (TPSA) is 87.6 Å². The van der Waals surface area contributed by atoms with Crippen LogP contribution in [0.4, 0.5) is 0 Å². The van der Waals surface area contributed by atoms with Crippen LogP contribution < -0.4 is 20.7 Å². The van der Waals surface area contributed by atoms with Gasteiger partial charge in [0.05, 0.1) is 6.54 Å². The summed E-state index contributed by atoms with van der Waals surface area (Å²) in [6.45, 7) is 6.56. The number of rotatable bonds is 10. The summed E-state index contributed by atoms with van der Waals surface area (Å²) in [5, 5.41) is 9.27. The van der Waals surface area contributed by atoms with Gasteiger partial charge in [-0.3, -0.25) is 9.78 Å². The zero-order chi connectivity index (χ0) is 20.0. The van der Waals surface area contributed by atoms with E-state index in [1.54, 1.807) is 6.20 Å². The number of pyridine rings is 1. The molecule has 0 aliphatic heterocycles. The first-order valence-electron chi connectivity index (χ1n) is 9.61. The van der Waals surface area contributed by atoms with Gasteiger partial charge in [-0.15, -0.1) is 24.0 Å². The Labute approximate surface area is 189 Å². The van der Waals surface area contributed by atoms with Gasteiger partial charge >= 0.3 is 0 Å². The number of hydrogen-bond acceptors (Lipinski definition) is 4. The fraction of sp³-hybridized carbons (Fsp3) is 0.381. The number of amides is 1. The molecule has 3 N–H and O–H groups in total. The van der Waals surface area contributed by atoms with Gasteiger partial charge < -0.3 is 20.7 Å². The average molecular weight is 511 g/mol. The molecule has 1 aromatic heterocycles. The fourth-order valence-electron chi connectivity index (χ4n) is 2.50. The van der Waals surface area contributed by atoms with E-state index >= 15 is 0 Å². The highest BCUT2D eigenvalue weighted by Crippen LogP contribution is 2.14. The predicted octanol–water partition coefficient (Wildman–Crippen LogP) is 2.51. The summed E-state index contributed by atoms with van der Waals surface area (Å²) in [7, 11) is 0. The van der Waals surface area contributed by atoms with Crippen LogP contribution in [0.15, 0.2) is 53.7 Å². The molecule has 1 heterocycles. The van der Waals surface area contributed by atoms with Gasteiger partial charge in [0, 0.05) is 37.9 Å². The molecular formula is C21H30IN5O2. The first kappa shape index (κ1) is 24.7. The van der Waals surface area contributed by atoms with Gasteiger partial charge in [0.1, 0.15) is 5.75 Å². The third-order valence-corrected chi connectivity index (χ3v) is 3.81. The molecule has 158 valence electrons. The zero-order valence-electron chi connectivity index (χ0n) is 17.0. The number of aliphatic imine (C=N–C) groups is 1. The summed E-state index contributed by atoms with van der Waals surface area (Å²) in [4.78, 5) is 20.5. The molecule has 2 rings (SSSR count). The van der Waals surface area contributed by atoms with Gasteiger partial charge in [-0.1, -0.05) is 18.2 Å². The van der Waals surface area contributed by atoms with E-state index in [1.807, 2.05) is 56.3 Å². The lowest BCUT2D eigenvalue weighted by atomic mass is 10.2. The van der Waals surface area contributed by atoms with E-state index in [1.165, 1.54) is 0 Å². The Balaban J connectivity index is 0.00000420. The molecule has 8 heteroatoms. The van der Waals surface area contributed by atoms with Crippen LogP contribution in [0.3, 0.4) is 0 Å². The molecular weight excluding hydrogens is 481 g/mol. The summed E-state index contributed by atoms with van der Waals surface area (Å²) < 4.78 is 5.53. The lowest BCUT2D eigenvalue weighted by Crippen LogP contribution is -2.38. The van der Waals surface area contributed by atoms with Gasteiger partial charge in [0.2, 0.25) is 0 Å². The highest BCUT2D eigenvalue weighted by atomic mass is 127. The Morgan fingerprint density at radius 2 is 1.90 bits per heavy atom. The fourth-order valence-corrected chi connectivity index (χ4v) is 2.50. The number of halogens is 1. The molecule has 29 heavy (non-hydrogen) atoms. The van der Waals surface area contributed by atoms with Crippen LogP contribution in [-0.4, -0.2) is 43.1 Å². The van der Waals surface area contributed by atoms with E-state index in [0.717, 1.165) is 36.7 Å². The number of ether oxygens (including phenoxy) is 1. The number of likely N-dealkylation sites (N-methyl/N-ethyl adjacent to an activating group) is 1. The summed E-state index contributed by atoms with van der Waals surface area (Å²) in [5.41, 5.74) is 2.05. The number of benzene rings is 1. The van der Waals surface area contributed by atoms with E-state index in [0.29, 0.717) is 18.8 Å². The van der Waals surface area contributed by atoms with E-state index in [2.05, 4.69) is 25.9 Å². The SMILES string of the molecule is CCNC(=O)COc1cccc(CN=C(NCC)NCCc2ccccn2)c1.I. The molecule has 0 bridgehead atoms. The summed E-state index contributed by atoms with van der Waals surface area (Å²) >= 11 is 0. The second kappa shape index (κ2) is 14.6. The van der Waals surface area contributed by atoms with Crippen molar-refractivity contribution in [2.24, 2.45) is 4.99 Å². The Morgan fingerprint density at radius 1 is 1.07 bits per heavy atom. The van der Waals surface area contributed by atoms with Crippen molar-refractivity contribution in [1.82, 2.24) is 20.9 Å². The third-order valence-electron chi connectivity index (χ3n) is 3.81. The van der Waals surface area contributed by atoms with E-state index < -0.39 is 0 Å². The number of carbonyl (C=O) groups is 1. The van der Waals surface area contributed by atoms with Crippen molar-refractivity contribution in [3.8, 4) is 5.75 Å². The monoisotopic (exact) mass is 511 g/mol. The van der Waals surface area contributed by atoms with Crippen LogP contribution in [0.2, 0.25) is 0 Å². The van der Waals surface area contributed by atoms with Crippen molar-refractivity contribution in [3.63, 3.8) is 0 Å². The molecule has 0 saturated heterocycles. The number of nitrogens with zero attached hydrogens (tertiary/aromatic N) is 2. The molecule has 0 saturated carbocycles. The van der Waals surface area contributed by atoms with Crippen LogP contribution >= 0.6 is 24.0 Å². The Morgan fingerprint density at radius 3 is 2.62 bits per heavy atom. The van der Waals surface area contributed by atoms with Gasteiger partial charge in [0.25, 0.3) is 5.91 Å². The number of aromatic nitrogens is 1. The molecule has 1 aromatic carbocycles. The molecule has 1 amide bonds. The molecule has 0 fully saturated rings. The third kappa shape index (κ3) is 10.1. The standard InChI is InChI=1S/C21H29N5O2.HI/c1-3-22-20(27)16-28-19-10-7-8-17(14-19)15-26-21(23-4-2)25-13-11-18-9-5-6-12-24-18;/h5-10,12,14H,3-4,11,13,15-16H2,1-2H3,(H,22,27)(H2,23,25,26);1H. The molecule has 0 radical (unpaired) electrons. The van der Waals surface area contributed by atoms with E-state index in [9.17, 15) is 4.79 Å². The number of nitrogens with one attached hydrogen (secondary N) is 3. The maximum absolute atomic E-state index is 11.5. The summed E-state index contributed by atoms with van der Waals surface area (Å²) in [6, 6.07) is 13.5. The van der Waals surface area contributed by atoms with Crippen molar-refractivity contribution < 1.29 is 9.53 Å². The number of hydrogen-bond donors (Lipinski definition) is 3. The Bertz CT molecular complexity index is 756. The van der Waals surface area contributed by atoms with Crippen LogP contribution in [0.25, 0.3) is 0 Å². The minimum Gasteiger partial charge on any atom is -0.484 e. The second-order valence-corrected chi connectivity index (χ2v) is 6.08. The normalized spacial score (nSPS) is 10.6. The molecule has 0 aliphatic carbocycles. The van der Waals surface area contributed by atoms with E-state index in [4.69, 9.17) is 4.74 Å². The highest BCUT2D eigenvalue weighted by Gasteiger charge is 2.03. The van der Waals surface area contributed by atoms with Crippen LogP contribution in [-0.2, 0) is 17.8 Å². The molecule has 7 nitrogen and oxygen atoms in total. The Hall–Kier alpha value is -2.36. The smallest absolute Gasteiger partial charge is 0.257 e. The maximum atomic E-state index is 11.5. The van der Waals surface area contributed by atoms with Crippen molar-refractivity contribution in [1.29, 1.82) is 0 Å². The number of carbonyl (C=O) groups excluding carboxylic acids is 1. The maximum Gasteiger partial charge on any atom is 0.257 e. The Kier molecular flexibility index (Phi) is 12.4. The van der Waals surface area contributed by atoms with E-state index in [-0.39, 0.29) is 36.5 Å². The van der Waals surface area contributed by atoms with Crippen LogP contribution in [0.1, 0.15) is 25.1 Å². The summed E-state index contributed by atoms with van der Waals surface area (Å²) in [6.07, 6.45) is 2.63. The predicted molar refractivity (Wildman–Crippen MR) is 127 cm³/mol. The van der Waals surface area contributed by atoms with Crippen molar-refractivity contribution in [2.45, 2.75) is 26.8 Å². The minimum absolute atomic E-state index is 0. The quantitative estimate of drug-likeness (QED) is 0.259. The van der Waals surface area contributed by atoms with Crippen molar-refractivity contribution >= 4 is 35.8 Å². The molecule has 0 aliphatic rings. The molecule has 0 atom stereocenters. The first-order chi connectivity index (χ1) is 13.7. The molecule has 0 spiro atoms. The van der Waals surface area contributed by atoms with Gasteiger partial charge in [-0.05, 0) is 43.7 Å². The van der Waals surface area contributed by atoms with Gasteiger partial charge in [0.15, 0.2) is 12.6 Å². The number of guanidine groups is 1. The lowest BCUT2D eigenvalue weighted by Gasteiger charge is -2.11. The highest BCUT2D eigenvalue weighted by molar-refractivity contribution is 14.0. The zero-order valence-corrected chi connectivity index (χ0v) is 19.3. The average Bonchev–Trinajstić information content (AvgIpc) is 2.72.